The van der Waals surface area contributed by atoms with Gasteiger partial charge in [0.1, 0.15) is 11.5 Å². The van der Waals surface area contributed by atoms with Gasteiger partial charge in [0.15, 0.2) is 13.2 Å². The maximum Gasteiger partial charge on any atom is 0.341 e. The number of benzene rings is 4. The lowest BCUT2D eigenvalue weighted by Gasteiger charge is -2.34. The van der Waals surface area contributed by atoms with E-state index in [2.05, 4.69) is 36.4 Å². The fourth-order valence-electron chi connectivity index (χ4n) is 5.39. The molecule has 0 aliphatic heterocycles. The minimum Gasteiger partial charge on any atom is -0.482 e. The smallest absolute Gasteiger partial charge is 0.341 e. The predicted molar refractivity (Wildman–Crippen MR) is 139 cm³/mol. The molecule has 0 spiro atoms. The number of hydrogen-bond acceptors (Lipinski definition) is 4. The van der Waals surface area contributed by atoms with Crippen molar-refractivity contribution in [2.75, 3.05) is 13.2 Å². The average molecular weight is 495 g/mol. The largest absolute Gasteiger partial charge is 0.482 e. The first-order valence-electron chi connectivity index (χ1n) is 11.9. The van der Waals surface area contributed by atoms with E-state index in [1.165, 1.54) is 0 Å². The van der Waals surface area contributed by atoms with E-state index in [4.69, 9.17) is 19.7 Å². The maximum atomic E-state index is 11.0. The van der Waals surface area contributed by atoms with Crippen molar-refractivity contribution in [3.63, 3.8) is 0 Å². The lowest BCUT2D eigenvalue weighted by Crippen LogP contribution is -2.29. The molecule has 1 aliphatic carbocycles. The first kappa shape index (κ1) is 24.1. The van der Waals surface area contributed by atoms with Gasteiger partial charge in [0, 0.05) is 0 Å². The molecule has 6 heteroatoms. The van der Waals surface area contributed by atoms with Crippen LogP contribution in [0.3, 0.4) is 0 Å². The van der Waals surface area contributed by atoms with Gasteiger partial charge in [-0.1, -0.05) is 72.8 Å². The Bertz CT molecular complexity index is 1410. The van der Waals surface area contributed by atoms with Gasteiger partial charge in [0.2, 0.25) is 0 Å². The van der Waals surface area contributed by atoms with Crippen LogP contribution < -0.4 is 9.47 Å². The molecule has 4 aromatic rings. The van der Waals surface area contributed by atoms with Crippen LogP contribution >= 0.6 is 0 Å². The normalized spacial score (nSPS) is 12.9. The predicted octanol–water partition coefficient (Wildman–Crippen LogP) is 5.59. The fourth-order valence-corrected chi connectivity index (χ4v) is 5.39. The van der Waals surface area contributed by atoms with Crippen molar-refractivity contribution in [2.45, 2.75) is 19.3 Å². The molecule has 5 rings (SSSR count). The molecule has 0 amide bonds. The Morgan fingerprint density at radius 2 is 1.05 bits per heavy atom. The fraction of sp³-hybridized carbons (Fsp3) is 0.161. The SMILES string of the molecule is Cc1cc(C2(c3ccc(OCC(=O)O)c(C)c3)c3ccccc3-c3ccccc32)ccc1OCC(=O)O. The van der Waals surface area contributed by atoms with E-state index in [-0.39, 0.29) is 0 Å². The lowest BCUT2D eigenvalue weighted by molar-refractivity contribution is -0.140. The van der Waals surface area contributed by atoms with Crippen LogP contribution in [0, 0.1) is 13.8 Å². The zero-order chi connectivity index (χ0) is 26.2. The highest BCUT2D eigenvalue weighted by Gasteiger charge is 2.46. The van der Waals surface area contributed by atoms with Gasteiger partial charge in [-0.15, -0.1) is 0 Å². The van der Waals surface area contributed by atoms with E-state index in [0.29, 0.717) is 11.5 Å². The summed E-state index contributed by atoms with van der Waals surface area (Å²) in [5.41, 5.74) is 7.60. The molecular formula is C31H26O6. The summed E-state index contributed by atoms with van der Waals surface area (Å²) < 4.78 is 11.0. The van der Waals surface area contributed by atoms with Gasteiger partial charge >= 0.3 is 11.9 Å². The number of hydrogen-bond donors (Lipinski definition) is 2. The summed E-state index contributed by atoms with van der Waals surface area (Å²) in [7, 11) is 0. The third kappa shape index (κ3) is 4.10. The Hall–Kier alpha value is -4.58. The number of aliphatic carboxylic acids is 2. The molecule has 6 nitrogen and oxygen atoms in total. The maximum absolute atomic E-state index is 11.0. The summed E-state index contributed by atoms with van der Waals surface area (Å²) in [6, 6.07) is 28.4. The minimum absolute atomic E-state index is 0.409. The van der Waals surface area contributed by atoms with Crippen LogP contribution in [-0.2, 0) is 15.0 Å². The number of carboxylic acid groups (broad SMARTS) is 2. The Kier molecular flexibility index (Phi) is 6.17. The Morgan fingerprint density at radius 1 is 0.649 bits per heavy atom. The van der Waals surface area contributed by atoms with E-state index >= 15 is 0 Å². The standard InChI is InChI=1S/C31H26O6/c1-19-15-21(11-13-27(19)36-17-29(32)33)31(22-12-14-28(20(2)16-22)37-18-30(34)35)25-9-5-3-7-23(25)24-8-4-6-10-26(24)31/h3-16H,17-18H2,1-2H3,(H,32,33)(H,34,35). The van der Waals surface area contributed by atoms with Crippen molar-refractivity contribution >= 4 is 11.9 Å². The van der Waals surface area contributed by atoms with Gasteiger partial charge in [0.05, 0.1) is 5.41 Å². The van der Waals surface area contributed by atoms with Crippen LogP contribution in [0.25, 0.3) is 11.1 Å². The highest BCUT2D eigenvalue weighted by molar-refractivity contribution is 5.86. The van der Waals surface area contributed by atoms with Crippen molar-refractivity contribution in [2.24, 2.45) is 0 Å². The zero-order valence-electron chi connectivity index (χ0n) is 20.5. The summed E-state index contributed by atoms with van der Waals surface area (Å²) >= 11 is 0. The minimum atomic E-state index is -1.03. The number of carboxylic acids is 2. The molecule has 37 heavy (non-hydrogen) atoms. The van der Waals surface area contributed by atoms with Gasteiger partial charge in [0.25, 0.3) is 0 Å². The second kappa shape index (κ2) is 9.47. The van der Waals surface area contributed by atoms with E-state index < -0.39 is 30.6 Å². The first-order chi connectivity index (χ1) is 17.8. The van der Waals surface area contributed by atoms with Gasteiger partial charge in [-0.2, -0.15) is 0 Å². The highest BCUT2D eigenvalue weighted by atomic mass is 16.5. The second-order valence-corrected chi connectivity index (χ2v) is 9.17. The van der Waals surface area contributed by atoms with E-state index in [0.717, 1.165) is 44.5 Å². The summed E-state index contributed by atoms with van der Waals surface area (Å²) in [6.07, 6.45) is 0. The molecule has 0 bridgehead atoms. The van der Waals surface area contributed by atoms with Crippen molar-refractivity contribution in [3.05, 3.63) is 118 Å². The molecule has 1 aliphatic rings. The van der Waals surface area contributed by atoms with Gasteiger partial charge < -0.3 is 19.7 Å². The van der Waals surface area contributed by atoms with Crippen molar-refractivity contribution in [1.82, 2.24) is 0 Å². The topological polar surface area (TPSA) is 93.1 Å². The monoisotopic (exact) mass is 494 g/mol. The molecule has 0 saturated carbocycles. The van der Waals surface area contributed by atoms with Gasteiger partial charge in [-0.05, 0) is 70.5 Å². The molecule has 0 atom stereocenters. The number of ether oxygens (including phenoxy) is 2. The van der Waals surface area contributed by atoms with E-state index in [1.807, 2.05) is 62.4 Å². The number of fused-ring (bicyclic) bond motifs is 3. The summed E-state index contributed by atoms with van der Waals surface area (Å²) in [4.78, 5) is 22.1. The van der Waals surface area contributed by atoms with Crippen LogP contribution in [-0.4, -0.2) is 35.4 Å². The first-order valence-corrected chi connectivity index (χ1v) is 11.9. The van der Waals surface area contributed by atoms with Crippen molar-refractivity contribution in [3.8, 4) is 22.6 Å². The second-order valence-electron chi connectivity index (χ2n) is 9.17. The molecule has 0 radical (unpaired) electrons. The van der Waals surface area contributed by atoms with Crippen molar-refractivity contribution < 1.29 is 29.3 Å². The van der Waals surface area contributed by atoms with Gasteiger partial charge in [-0.25, -0.2) is 9.59 Å². The molecule has 0 unspecified atom stereocenters. The Balaban J connectivity index is 1.75. The molecule has 4 aromatic carbocycles. The molecule has 2 N–H and O–H groups in total. The molecule has 0 saturated heterocycles. The Labute approximate surface area is 214 Å². The summed E-state index contributed by atoms with van der Waals surface area (Å²) in [6.45, 7) is 3.01. The van der Waals surface area contributed by atoms with E-state index in [9.17, 15) is 9.59 Å². The third-order valence-electron chi connectivity index (χ3n) is 6.87. The Morgan fingerprint density at radius 3 is 1.43 bits per heavy atom. The van der Waals surface area contributed by atoms with Crippen LogP contribution in [0.5, 0.6) is 11.5 Å². The summed E-state index contributed by atoms with van der Waals surface area (Å²) in [5.74, 6) is -1.01. The van der Waals surface area contributed by atoms with Crippen LogP contribution in [0.15, 0.2) is 84.9 Å². The molecule has 186 valence electrons. The molecule has 0 aromatic heterocycles. The van der Waals surface area contributed by atoms with Crippen LogP contribution in [0.2, 0.25) is 0 Å². The molecule has 0 heterocycles. The quantitative estimate of drug-likeness (QED) is 0.292. The highest BCUT2D eigenvalue weighted by Crippen LogP contribution is 2.56. The number of rotatable bonds is 8. The van der Waals surface area contributed by atoms with E-state index in [1.54, 1.807) is 0 Å². The summed E-state index contributed by atoms with van der Waals surface area (Å²) in [5, 5.41) is 18.1. The number of carbonyl (C=O) groups is 2. The van der Waals surface area contributed by atoms with Crippen molar-refractivity contribution in [1.29, 1.82) is 0 Å². The number of aryl methyl sites for hydroxylation is 2. The van der Waals surface area contributed by atoms with Crippen LogP contribution in [0.4, 0.5) is 0 Å². The lowest BCUT2D eigenvalue weighted by atomic mass is 9.67. The average Bonchev–Trinajstić information content (AvgIpc) is 3.18. The molecule has 0 fully saturated rings. The van der Waals surface area contributed by atoms with Gasteiger partial charge in [-0.3, -0.25) is 0 Å². The zero-order valence-corrected chi connectivity index (χ0v) is 20.5. The molecular weight excluding hydrogens is 468 g/mol. The third-order valence-corrected chi connectivity index (χ3v) is 6.87. The van der Waals surface area contributed by atoms with Crippen LogP contribution in [0.1, 0.15) is 33.4 Å².